The van der Waals surface area contributed by atoms with Crippen molar-refractivity contribution in [3.8, 4) is 5.75 Å². The average molecular weight is 517 g/mol. The van der Waals surface area contributed by atoms with E-state index in [1.165, 1.54) is 12.1 Å². The summed E-state index contributed by atoms with van der Waals surface area (Å²) in [5.74, 6) is -1.35. The Morgan fingerprint density at radius 2 is 1.53 bits per heavy atom. The summed E-state index contributed by atoms with van der Waals surface area (Å²) in [6, 6.07) is 23.6. The Balaban J connectivity index is 1.70. The van der Waals surface area contributed by atoms with Crippen molar-refractivity contribution >= 4 is 17.6 Å². The molecule has 0 radical (unpaired) electrons. The topological polar surface area (TPSA) is 105 Å². The molecule has 0 aromatic heterocycles. The molecular weight excluding hydrogens is 480 g/mol. The van der Waals surface area contributed by atoms with E-state index < -0.39 is 23.9 Å². The average Bonchev–Trinajstić information content (AvgIpc) is 2.94. The number of rotatable bonds is 14. The van der Waals surface area contributed by atoms with Crippen LogP contribution in [-0.4, -0.2) is 41.4 Å². The number of aryl methyl sites for hydroxylation is 1. The molecule has 3 aromatic carbocycles. The molecule has 7 nitrogen and oxygen atoms in total. The Morgan fingerprint density at radius 1 is 0.868 bits per heavy atom. The highest BCUT2D eigenvalue weighted by Crippen LogP contribution is 2.14. The molecule has 200 valence electrons. The van der Waals surface area contributed by atoms with Crippen LogP contribution >= 0.6 is 0 Å². The number of Topliss-reactive ketones (excluding diaryl/α,β-unsaturated/α-hetero) is 1. The van der Waals surface area contributed by atoms with Crippen molar-refractivity contribution in [2.75, 3.05) is 6.61 Å². The van der Waals surface area contributed by atoms with E-state index in [0.29, 0.717) is 25.9 Å². The molecule has 0 aliphatic carbocycles. The number of carbonyl (C=O) groups excluding carboxylic acids is 3. The first-order valence-corrected chi connectivity index (χ1v) is 13.0. The van der Waals surface area contributed by atoms with Gasteiger partial charge in [0.1, 0.15) is 18.4 Å². The first kappa shape index (κ1) is 28.6. The molecule has 2 amide bonds. The van der Waals surface area contributed by atoms with Crippen molar-refractivity contribution in [1.29, 1.82) is 0 Å². The summed E-state index contributed by atoms with van der Waals surface area (Å²) < 4.78 is 5.66. The van der Waals surface area contributed by atoms with E-state index in [0.717, 1.165) is 11.1 Å². The van der Waals surface area contributed by atoms with Crippen LogP contribution in [0.3, 0.4) is 0 Å². The fourth-order valence-corrected chi connectivity index (χ4v) is 4.05. The monoisotopic (exact) mass is 516 g/mol. The van der Waals surface area contributed by atoms with Gasteiger partial charge in [-0.05, 0) is 48.1 Å². The zero-order valence-corrected chi connectivity index (χ0v) is 21.9. The van der Waals surface area contributed by atoms with Crippen molar-refractivity contribution < 1.29 is 24.2 Å². The summed E-state index contributed by atoms with van der Waals surface area (Å²) in [5, 5.41) is 15.4. The van der Waals surface area contributed by atoms with Gasteiger partial charge < -0.3 is 20.5 Å². The maximum absolute atomic E-state index is 13.4. The zero-order valence-electron chi connectivity index (χ0n) is 21.9. The van der Waals surface area contributed by atoms with E-state index in [-0.39, 0.29) is 29.6 Å². The van der Waals surface area contributed by atoms with Gasteiger partial charge in [-0.1, -0.05) is 87.0 Å². The Labute approximate surface area is 224 Å². The van der Waals surface area contributed by atoms with Gasteiger partial charge >= 0.3 is 0 Å². The predicted octanol–water partition coefficient (Wildman–Crippen LogP) is 4.44. The van der Waals surface area contributed by atoms with Crippen molar-refractivity contribution in [2.24, 2.45) is 5.92 Å². The molecule has 0 saturated heterocycles. The lowest BCUT2D eigenvalue weighted by Crippen LogP contribution is -2.54. The van der Waals surface area contributed by atoms with Crippen LogP contribution in [0.1, 0.15) is 48.2 Å². The Hall–Kier alpha value is -3.97. The lowest BCUT2D eigenvalue weighted by Gasteiger charge is -2.26. The Bertz CT molecular complexity index is 1180. The molecule has 0 saturated carbocycles. The highest BCUT2D eigenvalue weighted by Gasteiger charge is 2.30. The van der Waals surface area contributed by atoms with Crippen LogP contribution in [0.25, 0.3) is 0 Å². The molecule has 0 fully saturated rings. The van der Waals surface area contributed by atoms with E-state index in [2.05, 4.69) is 10.6 Å². The first-order chi connectivity index (χ1) is 18.4. The second-order valence-electron chi connectivity index (χ2n) is 9.42. The number of benzene rings is 3. The standard InChI is InChI=1S/C31H36N2O5/c1-3-22(2)29(33-30(36)25-15-10-16-26(34)19-25)31(37)32-27(18-17-23-11-6-4-7-12-23)28(35)21-38-20-24-13-8-5-9-14-24/h4-16,19,22,27,29,34H,3,17-18,20-21H2,1-2H3,(H,32,37)(H,33,36)/t22?,27-,29-/m0/s1. The molecule has 0 bridgehead atoms. The summed E-state index contributed by atoms with van der Waals surface area (Å²) >= 11 is 0. The molecule has 0 aliphatic heterocycles. The summed E-state index contributed by atoms with van der Waals surface area (Å²) in [6.07, 6.45) is 1.64. The summed E-state index contributed by atoms with van der Waals surface area (Å²) in [4.78, 5) is 39.5. The quantitative estimate of drug-likeness (QED) is 0.294. The molecule has 3 rings (SSSR count). The number of phenolic OH excluding ortho intramolecular Hbond substituents is 1. The number of hydrogen-bond acceptors (Lipinski definition) is 5. The molecule has 3 N–H and O–H groups in total. The Morgan fingerprint density at radius 3 is 2.16 bits per heavy atom. The Kier molecular flexibility index (Phi) is 11.1. The minimum Gasteiger partial charge on any atom is -0.508 e. The highest BCUT2D eigenvalue weighted by atomic mass is 16.5. The van der Waals surface area contributed by atoms with Gasteiger partial charge in [0.2, 0.25) is 5.91 Å². The van der Waals surface area contributed by atoms with Crippen LogP contribution in [0.4, 0.5) is 0 Å². The van der Waals surface area contributed by atoms with E-state index in [1.54, 1.807) is 12.1 Å². The minimum atomic E-state index is -0.855. The predicted molar refractivity (Wildman–Crippen MR) is 147 cm³/mol. The van der Waals surface area contributed by atoms with Crippen molar-refractivity contribution in [1.82, 2.24) is 10.6 Å². The fraction of sp³-hybridized carbons (Fsp3) is 0.323. The lowest BCUT2D eigenvalue weighted by atomic mass is 9.96. The van der Waals surface area contributed by atoms with Crippen LogP contribution in [-0.2, 0) is 27.4 Å². The van der Waals surface area contributed by atoms with Gasteiger partial charge in [0, 0.05) is 5.56 Å². The molecule has 0 spiro atoms. The van der Waals surface area contributed by atoms with Gasteiger partial charge in [-0.15, -0.1) is 0 Å². The third-order valence-corrected chi connectivity index (χ3v) is 6.52. The third-order valence-electron chi connectivity index (χ3n) is 6.52. The maximum atomic E-state index is 13.4. The SMILES string of the molecule is CCC(C)[C@H](NC(=O)c1cccc(O)c1)C(=O)N[C@@H](CCc1ccccc1)C(=O)COCc1ccccc1. The maximum Gasteiger partial charge on any atom is 0.252 e. The molecular formula is C31H36N2O5. The van der Waals surface area contributed by atoms with E-state index >= 15 is 0 Å². The van der Waals surface area contributed by atoms with Crippen molar-refractivity contribution in [3.63, 3.8) is 0 Å². The third kappa shape index (κ3) is 8.85. The normalized spacial score (nSPS) is 13.2. The number of carbonyl (C=O) groups is 3. The van der Waals surface area contributed by atoms with Gasteiger partial charge in [0.25, 0.3) is 5.91 Å². The fourth-order valence-electron chi connectivity index (χ4n) is 4.05. The van der Waals surface area contributed by atoms with E-state index in [1.807, 2.05) is 74.5 Å². The number of aromatic hydroxyl groups is 1. The summed E-state index contributed by atoms with van der Waals surface area (Å²) in [7, 11) is 0. The van der Waals surface area contributed by atoms with Crippen LogP contribution < -0.4 is 10.6 Å². The molecule has 1 unspecified atom stereocenters. The number of phenols is 1. The number of hydrogen-bond donors (Lipinski definition) is 3. The van der Waals surface area contributed by atoms with Gasteiger partial charge in [0.05, 0.1) is 12.6 Å². The number of ketones is 1. The van der Waals surface area contributed by atoms with Crippen LogP contribution in [0, 0.1) is 5.92 Å². The van der Waals surface area contributed by atoms with Crippen LogP contribution in [0.15, 0.2) is 84.9 Å². The van der Waals surface area contributed by atoms with Crippen LogP contribution in [0.5, 0.6) is 5.75 Å². The van der Waals surface area contributed by atoms with Gasteiger partial charge in [0.15, 0.2) is 5.78 Å². The highest BCUT2D eigenvalue weighted by molar-refractivity contribution is 5.99. The minimum absolute atomic E-state index is 0.0377. The molecule has 3 atom stereocenters. The smallest absolute Gasteiger partial charge is 0.252 e. The number of nitrogens with one attached hydrogen (secondary N) is 2. The van der Waals surface area contributed by atoms with E-state index in [4.69, 9.17) is 4.74 Å². The van der Waals surface area contributed by atoms with Crippen LogP contribution in [0.2, 0.25) is 0 Å². The van der Waals surface area contributed by atoms with E-state index in [9.17, 15) is 19.5 Å². The van der Waals surface area contributed by atoms with Gasteiger partial charge in [-0.25, -0.2) is 0 Å². The molecule has 3 aromatic rings. The van der Waals surface area contributed by atoms with Crippen molar-refractivity contribution in [2.45, 2.75) is 51.8 Å². The second-order valence-corrected chi connectivity index (χ2v) is 9.42. The number of ether oxygens (including phenoxy) is 1. The molecule has 7 heteroatoms. The van der Waals surface area contributed by atoms with Gasteiger partial charge in [-0.2, -0.15) is 0 Å². The zero-order chi connectivity index (χ0) is 27.3. The summed E-state index contributed by atoms with van der Waals surface area (Å²) in [5.41, 5.74) is 2.26. The second kappa shape index (κ2) is 14.7. The molecule has 0 aliphatic rings. The van der Waals surface area contributed by atoms with Gasteiger partial charge in [-0.3, -0.25) is 14.4 Å². The summed E-state index contributed by atoms with van der Waals surface area (Å²) in [6.45, 7) is 3.96. The molecule has 0 heterocycles. The first-order valence-electron chi connectivity index (χ1n) is 13.0. The molecule has 38 heavy (non-hydrogen) atoms. The number of amides is 2. The largest absolute Gasteiger partial charge is 0.508 e. The lowest BCUT2D eigenvalue weighted by molar-refractivity contribution is -0.132. The van der Waals surface area contributed by atoms with Crippen molar-refractivity contribution in [3.05, 3.63) is 102 Å².